The van der Waals surface area contributed by atoms with Crippen molar-refractivity contribution in [2.75, 3.05) is 5.32 Å². The predicted octanol–water partition coefficient (Wildman–Crippen LogP) is 5.93. The van der Waals surface area contributed by atoms with Crippen molar-refractivity contribution in [3.8, 4) is 5.75 Å². The molecule has 0 aliphatic rings. The number of hydrogen-bond acceptors (Lipinski definition) is 4. The molecule has 0 aliphatic carbocycles. The number of hydrogen-bond donors (Lipinski definition) is 2. The van der Waals surface area contributed by atoms with Gasteiger partial charge in [0.2, 0.25) is 0 Å². The Bertz CT molecular complexity index is 1230. The molecule has 6 nitrogen and oxygen atoms in total. The van der Waals surface area contributed by atoms with Crippen LogP contribution in [-0.4, -0.2) is 18.0 Å². The van der Waals surface area contributed by atoms with Gasteiger partial charge in [-0.3, -0.25) is 9.59 Å². The fourth-order valence-corrected chi connectivity index (χ4v) is 3.26. The van der Waals surface area contributed by atoms with E-state index in [1.54, 1.807) is 48.5 Å². The molecule has 33 heavy (non-hydrogen) atoms. The number of aryl methyl sites for hydroxylation is 2. The number of rotatable bonds is 6. The third-order valence-electron chi connectivity index (χ3n) is 4.69. The molecule has 9 heteroatoms. The van der Waals surface area contributed by atoms with Gasteiger partial charge >= 0.3 is 11.8 Å². The molecule has 0 bridgehead atoms. The Morgan fingerprint density at radius 1 is 0.909 bits per heavy atom. The van der Waals surface area contributed by atoms with Crippen LogP contribution in [0.3, 0.4) is 0 Å². The van der Waals surface area contributed by atoms with E-state index >= 15 is 0 Å². The molecule has 3 aromatic rings. The lowest BCUT2D eigenvalue weighted by atomic mass is 10.1. The molecule has 170 valence electrons. The number of anilines is 1. The first-order valence-corrected chi connectivity index (χ1v) is 10.9. The highest BCUT2D eigenvalue weighted by atomic mass is 35.5. The van der Waals surface area contributed by atoms with E-state index in [1.807, 2.05) is 19.9 Å². The minimum Gasteiger partial charge on any atom is -0.488 e. The number of amides is 2. The van der Waals surface area contributed by atoms with Crippen LogP contribution in [0.4, 0.5) is 5.69 Å². The molecule has 0 aromatic heterocycles. The van der Waals surface area contributed by atoms with Crippen LogP contribution >= 0.6 is 34.8 Å². The van der Waals surface area contributed by atoms with Crippen LogP contribution in [0.1, 0.15) is 22.3 Å². The van der Waals surface area contributed by atoms with Crippen molar-refractivity contribution in [2.24, 2.45) is 5.10 Å². The zero-order chi connectivity index (χ0) is 24.0. The second-order valence-corrected chi connectivity index (χ2v) is 8.42. The van der Waals surface area contributed by atoms with Crippen LogP contribution in [-0.2, 0) is 16.2 Å². The summed E-state index contributed by atoms with van der Waals surface area (Å²) in [7, 11) is 0. The van der Waals surface area contributed by atoms with Gasteiger partial charge in [-0.2, -0.15) is 5.10 Å². The average molecular weight is 505 g/mol. The Morgan fingerprint density at radius 2 is 1.70 bits per heavy atom. The molecule has 0 spiro atoms. The number of hydrazone groups is 1. The highest BCUT2D eigenvalue weighted by Gasteiger charge is 2.13. The largest absolute Gasteiger partial charge is 0.488 e. The van der Waals surface area contributed by atoms with E-state index in [1.165, 1.54) is 6.21 Å². The maximum atomic E-state index is 12.1. The predicted molar refractivity (Wildman–Crippen MR) is 133 cm³/mol. The number of carbonyl (C=O) groups excluding carboxylic acids is 2. The lowest BCUT2D eigenvalue weighted by molar-refractivity contribution is -0.136. The summed E-state index contributed by atoms with van der Waals surface area (Å²) in [6, 6.07) is 15.5. The van der Waals surface area contributed by atoms with Crippen LogP contribution in [0.15, 0.2) is 59.7 Å². The topological polar surface area (TPSA) is 79.8 Å². The molecule has 3 rings (SSSR count). The first-order valence-electron chi connectivity index (χ1n) is 9.81. The minimum absolute atomic E-state index is 0.226. The molecule has 2 N–H and O–H groups in total. The summed E-state index contributed by atoms with van der Waals surface area (Å²) in [6.45, 7) is 4.10. The van der Waals surface area contributed by atoms with E-state index in [2.05, 4.69) is 15.8 Å². The van der Waals surface area contributed by atoms with E-state index in [0.29, 0.717) is 32.1 Å². The summed E-state index contributed by atoms with van der Waals surface area (Å²) in [4.78, 5) is 24.2. The summed E-state index contributed by atoms with van der Waals surface area (Å²) in [5, 5.41) is 7.73. The monoisotopic (exact) mass is 503 g/mol. The molecular weight excluding hydrogens is 485 g/mol. The van der Waals surface area contributed by atoms with Crippen molar-refractivity contribution >= 4 is 58.5 Å². The fourth-order valence-electron chi connectivity index (χ4n) is 2.76. The first kappa shape index (κ1) is 24.6. The second-order valence-electron chi connectivity index (χ2n) is 7.17. The van der Waals surface area contributed by atoms with Crippen LogP contribution in [0, 0.1) is 13.8 Å². The number of nitrogens with zero attached hydrogens (tertiary/aromatic N) is 1. The zero-order valence-corrected chi connectivity index (χ0v) is 20.1. The van der Waals surface area contributed by atoms with E-state index < -0.39 is 11.8 Å². The molecule has 0 unspecified atom stereocenters. The van der Waals surface area contributed by atoms with Gasteiger partial charge in [0.15, 0.2) is 0 Å². The number of benzene rings is 3. The van der Waals surface area contributed by atoms with Crippen molar-refractivity contribution in [3.05, 3.63) is 91.9 Å². The van der Waals surface area contributed by atoms with Crippen LogP contribution in [0.25, 0.3) is 0 Å². The van der Waals surface area contributed by atoms with Crippen LogP contribution in [0.2, 0.25) is 15.1 Å². The standard InChI is InChI=1S/C24H20Cl3N3O3/c1-14-3-6-19(9-15(14)2)29-23(31)24(32)30-28-12-17-11-18(25)5-8-22(17)33-13-16-4-7-20(26)21(27)10-16/h3-12H,13H2,1-2H3,(H,29,31)(H,30,32)/b28-12-. The van der Waals surface area contributed by atoms with Gasteiger partial charge in [0.1, 0.15) is 12.4 Å². The molecule has 0 aliphatic heterocycles. The molecule has 3 aromatic carbocycles. The van der Waals surface area contributed by atoms with Crippen molar-refractivity contribution in [1.29, 1.82) is 0 Å². The van der Waals surface area contributed by atoms with Crippen molar-refractivity contribution < 1.29 is 14.3 Å². The minimum atomic E-state index is -0.912. The van der Waals surface area contributed by atoms with Gasteiger partial charge in [-0.05, 0) is 73.0 Å². The van der Waals surface area contributed by atoms with Gasteiger partial charge in [-0.25, -0.2) is 5.43 Å². The Morgan fingerprint density at radius 3 is 2.42 bits per heavy atom. The van der Waals surface area contributed by atoms with Crippen molar-refractivity contribution in [3.63, 3.8) is 0 Å². The van der Waals surface area contributed by atoms with Gasteiger partial charge in [-0.1, -0.05) is 46.9 Å². The first-order chi connectivity index (χ1) is 15.7. The number of halogens is 3. The van der Waals surface area contributed by atoms with Gasteiger partial charge in [0.05, 0.1) is 16.3 Å². The maximum absolute atomic E-state index is 12.1. The quantitative estimate of drug-likeness (QED) is 0.248. The highest BCUT2D eigenvalue weighted by molar-refractivity contribution is 6.42. The molecule has 0 saturated carbocycles. The smallest absolute Gasteiger partial charge is 0.329 e. The lowest BCUT2D eigenvalue weighted by Gasteiger charge is -2.10. The third-order valence-corrected chi connectivity index (χ3v) is 5.67. The van der Waals surface area contributed by atoms with E-state index in [0.717, 1.165) is 16.7 Å². The lowest BCUT2D eigenvalue weighted by Crippen LogP contribution is -2.32. The van der Waals surface area contributed by atoms with Crippen LogP contribution in [0.5, 0.6) is 5.75 Å². The molecule has 0 saturated heterocycles. The van der Waals surface area contributed by atoms with Gasteiger partial charge in [0, 0.05) is 16.3 Å². The van der Waals surface area contributed by atoms with Crippen molar-refractivity contribution in [2.45, 2.75) is 20.5 Å². The van der Waals surface area contributed by atoms with Gasteiger partial charge in [-0.15, -0.1) is 0 Å². The zero-order valence-electron chi connectivity index (χ0n) is 17.8. The normalized spacial score (nSPS) is 10.8. The number of ether oxygens (including phenoxy) is 1. The SMILES string of the molecule is Cc1ccc(NC(=O)C(=O)N/N=C\c2cc(Cl)ccc2OCc2ccc(Cl)c(Cl)c2)cc1C. The van der Waals surface area contributed by atoms with Crippen LogP contribution < -0.4 is 15.5 Å². The summed E-state index contributed by atoms with van der Waals surface area (Å²) >= 11 is 18.1. The highest BCUT2D eigenvalue weighted by Crippen LogP contribution is 2.25. The summed E-state index contributed by atoms with van der Waals surface area (Å²) < 4.78 is 5.83. The Hall–Kier alpha value is -3.06. The molecule has 0 fully saturated rings. The number of nitrogens with one attached hydrogen (secondary N) is 2. The summed E-state index contributed by atoms with van der Waals surface area (Å²) in [6.07, 6.45) is 1.34. The van der Waals surface area contributed by atoms with E-state index in [4.69, 9.17) is 39.5 Å². The van der Waals surface area contributed by atoms with E-state index in [-0.39, 0.29) is 6.61 Å². The molecule has 0 heterocycles. The van der Waals surface area contributed by atoms with Gasteiger partial charge < -0.3 is 10.1 Å². The summed E-state index contributed by atoms with van der Waals surface area (Å²) in [5.41, 5.74) is 6.14. The Kier molecular flexibility index (Phi) is 8.33. The summed E-state index contributed by atoms with van der Waals surface area (Å²) in [5.74, 6) is -1.27. The maximum Gasteiger partial charge on any atom is 0.329 e. The second kappa shape index (κ2) is 11.2. The Balaban J connectivity index is 1.63. The third kappa shape index (κ3) is 6.96. The molecular formula is C24H20Cl3N3O3. The average Bonchev–Trinajstić information content (AvgIpc) is 2.78. The Labute approximate surface area is 206 Å². The molecule has 0 radical (unpaired) electrons. The molecule has 0 atom stereocenters. The van der Waals surface area contributed by atoms with E-state index in [9.17, 15) is 9.59 Å². The van der Waals surface area contributed by atoms with Gasteiger partial charge in [0.25, 0.3) is 0 Å². The van der Waals surface area contributed by atoms with Crippen molar-refractivity contribution in [1.82, 2.24) is 5.43 Å². The fraction of sp³-hybridized carbons (Fsp3) is 0.125. The number of carbonyl (C=O) groups is 2. The molecule has 2 amide bonds.